The molecule has 0 unspecified atom stereocenters. The summed E-state index contributed by atoms with van der Waals surface area (Å²) in [6, 6.07) is 23.4. The number of nitrogens with one attached hydrogen (secondary N) is 1. The van der Waals surface area contributed by atoms with Crippen LogP contribution < -0.4 is 10.1 Å². The van der Waals surface area contributed by atoms with Crippen LogP contribution in [0.4, 0.5) is 28.6 Å². The van der Waals surface area contributed by atoms with Crippen LogP contribution in [0.3, 0.4) is 0 Å². The topological polar surface area (TPSA) is 115 Å². The lowest BCUT2D eigenvalue weighted by molar-refractivity contribution is -0.385. The second kappa shape index (κ2) is 9.43. The van der Waals surface area contributed by atoms with Crippen molar-refractivity contribution in [3.63, 3.8) is 0 Å². The van der Waals surface area contributed by atoms with Crippen molar-refractivity contribution in [2.24, 2.45) is 10.2 Å². The molecule has 32 heavy (non-hydrogen) atoms. The Morgan fingerprint density at radius 1 is 0.875 bits per heavy atom. The number of aryl methyl sites for hydroxylation is 1. The Labute approximate surface area is 183 Å². The molecule has 0 bridgehead atoms. The Hall–Kier alpha value is -4.66. The Morgan fingerprint density at radius 3 is 2.19 bits per heavy atom. The van der Waals surface area contributed by atoms with Crippen LogP contribution in [0.2, 0.25) is 0 Å². The lowest BCUT2D eigenvalue weighted by Gasteiger charge is -2.09. The SMILES string of the molecule is Cc1ccc(Oc2ncnc(Nc3ccc(N=Nc4ccccc4)cc3)c2[N+](=O)[O-])cc1. The van der Waals surface area contributed by atoms with Gasteiger partial charge in [-0.05, 0) is 55.5 Å². The van der Waals surface area contributed by atoms with Crippen LogP contribution in [0.25, 0.3) is 0 Å². The zero-order valence-electron chi connectivity index (χ0n) is 17.0. The smallest absolute Gasteiger partial charge is 0.373 e. The number of anilines is 2. The van der Waals surface area contributed by atoms with Crippen LogP contribution in [-0.4, -0.2) is 14.9 Å². The maximum absolute atomic E-state index is 11.7. The van der Waals surface area contributed by atoms with Gasteiger partial charge in [0.05, 0.1) is 16.3 Å². The van der Waals surface area contributed by atoms with E-state index in [0.717, 1.165) is 11.3 Å². The van der Waals surface area contributed by atoms with E-state index in [9.17, 15) is 10.1 Å². The summed E-state index contributed by atoms with van der Waals surface area (Å²) in [5.74, 6) is 0.312. The molecule has 158 valence electrons. The van der Waals surface area contributed by atoms with E-state index < -0.39 is 4.92 Å². The molecule has 0 fully saturated rings. The fraction of sp³-hybridized carbons (Fsp3) is 0.0435. The Morgan fingerprint density at radius 2 is 1.53 bits per heavy atom. The fourth-order valence-electron chi connectivity index (χ4n) is 2.77. The molecule has 4 aromatic rings. The first-order valence-corrected chi connectivity index (χ1v) is 9.66. The van der Waals surface area contributed by atoms with Crippen LogP contribution >= 0.6 is 0 Å². The molecule has 0 amide bonds. The van der Waals surface area contributed by atoms with E-state index in [0.29, 0.717) is 17.1 Å². The zero-order valence-corrected chi connectivity index (χ0v) is 17.0. The minimum atomic E-state index is -0.575. The highest BCUT2D eigenvalue weighted by atomic mass is 16.6. The van der Waals surface area contributed by atoms with Gasteiger partial charge >= 0.3 is 11.6 Å². The molecule has 4 rings (SSSR count). The van der Waals surface area contributed by atoms with E-state index in [-0.39, 0.29) is 17.4 Å². The Kier molecular flexibility index (Phi) is 6.08. The van der Waals surface area contributed by atoms with Crippen LogP contribution in [0, 0.1) is 17.0 Å². The largest absolute Gasteiger partial charge is 0.434 e. The predicted molar refractivity (Wildman–Crippen MR) is 120 cm³/mol. The second-order valence-corrected chi connectivity index (χ2v) is 6.76. The van der Waals surface area contributed by atoms with Crippen LogP contribution in [0.15, 0.2) is 95.4 Å². The maximum atomic E-state index is 11.7. The third kappa shape index (κ3) is 5.08. The summed E-state index contributed by atoms with van der Waals surface area (Å²) in [5, 5.41) is 23.0. The highest BCUT2D eigenvalue weighted by Crippen LogP contribution is 2.35. The number of aromatic nitrogens is 2. The molecular formula is C23H18N6O3. The van der Waals surface area contributed by atoms with Crippen molar-refractivity contribution < 1.29 is 9.66 Å². The highest BCUT2D eigenvalue weighted by Gasteiger charge is 2.25. The zero-order chi connectivity index (χ0) is 22.3. The summed E-state index contributed by atoms with van der Waals surface area (Å²) in [4.78, 5) is 19.1. The van der Waals surface area contributed by atoms with Gasteiger partial charge in [0.1, 0.15) is 12.1 Å². The Bertz CT molecular complexity index is 1240. The molecule has 1 N–H and O–H groups in total. The molecule has 0 radical (unpaired) electrons. The molecule has 0 aliphatic rings. The third-order valence-corrected chi connectivity index (χ3v) is 4.37. The number of hydrogen-bond acceptors (Lipinski definition) is 8. The fourth-order valence-corrected chi connectivity index (χ4v) is 2.77. The molecule has 9 heteroatoms. The van der Waals surface area contributed by atoms with Crippen molar-refractivity contribution in [2.45, 2.75) is 6.92 Å². The van der Waals surface area contributed by atoms with Gasteiger partial charge in [-0.25, -0.2) is 4.98 Å². The summed E-state index contributed by atoms with van der Waals surface area (Å²) in [6.45, 7) is 1.94. The quantitative estimate of drug-likeness (QED) is 0.201. The lowest BCUT2D eigenvalue weighted by atomic mass is 10.2. The molecule has 0 saturated carbocycles. The number of rotatable bonds is 7. The van der Waals surface area contributed by atoms with E-state index in [4.69, 9.17) is 4.74 Å². The first kappa shape index (κ1) is 20.6. The minimum absolute atomic E-state index is 0.0192. The van der Waals surface area contributed by atoms with Gasteiger partial charge in [0.25, 0.3) is 0 Å². The second-order valence-electron chi connectivity index (χ2n) is 6.76. The summed E-state index contributed by atoms with van der Waals surface area (Å²) in [7, 11) is 0. The third-order valence-electron chi connectivity index (χ3n) is 4.37. The molecular weight excluding hydrogens is 408 g/mol. The molecule has 0 atom stereocenters. The van der Waals surface area contributed by atoms with Crippen molar-refractivity contribution in [3.05, 3.63) is 101 Å². The number of azo groups is 1. The summed E-state index contributed by atoms with van der Waals surface area (Å²) < 4.78 is 5.64. The molecule has 9 nitrogen and oxygen atoms in total. The van der Waals surface area contributed by atoms with E-state index in [1.165, 1.54) is 6.33 Å². The highest BCUT2D eigenvalue weighted by molar-refractivity contribution is 5.69. The molecule has 1 heterocycles. The molecule has 0 spiro atoms. The van der Waals surface area contributed by atoms with E-state index in [1.54, 1.807) is 36.4 Å². The Balaban J connectivity index is 1.54. The monoisotopic (exact) mass is 426 g/mol. The van der Waals surface area contributed by atoms with Gasteiger partial charge in [-0.1, -0.05) is 35.9 Å². The van der Waals surface area contributed by atoms with E-state index in [2.05, 4.69) is 25.5 Å². The minimum Gasteiger partial charge on any atom is -0.434 e. The van der Waals surface area contributed by atoms with Gasteiger partial charge in [0.15, 0.2) is 0 Å². The number of hydrogen-bond donors (Lipinski definition) is 1. The average Bonchev–Trinajstić information content (AvgIpc) is 2.81. The summed E-state index contributed by atoms with van der Waals surface area (Å²) >= 11 is 0. The first-order chi connectivity index (χ1) is 15.6. The van der Waals surface area contributed by atoms with Crippen molar-refractivity contribution >= 4 is 28.6 Å². The molecule has 0 aliphatic heterocycles. The van der Waals surface area contributed by atoms with Crippen LogP contribution in [0.5, 0.6) is 11.6 Å². The molecule has 0 aliphatic carbocycles. The average molecular weight is 426 g/mol. The maximum Gasteiger partial charge on any atom is 0.373 e. The lowest BCUT2D eigenvalue weighted by Crippen LogP contribution is -2.03. The van der Waals surface area contributed by atoms with Gasteiger partial charge in [-0.15, -0.1) is 0 Å². The van der Waals surface area contributed by atoms with Crippen LogP contribution in [-0.2, 0) is 0 Å². The molecule has 1 aromatic heterocycles. The first-order valence-electron chi connectivity index (χ1n) is 9.66. The van der Waals surface area contributed by atoms with Crippen molar-refractivity contribution in [1.82, 2.24) is 9.97 Å². The summed E-state index contributed by atoms with van der Waals surface area (Å²) in [5.41, 5.74) is 2.66. The van der Waals surface area contributed by atoms with Gasteiger partial charge in [0, 0.05) is 5.69 Å². The number of benzene rings is 3. The van der Waals surface area contributed by atoms with Gasteiger partial charge in [-0.2, -0.15) is 15.2 Å². The van der Waals surface area contributed by atoms with Crippen molar-refractivity contribution in [3.8, 4) is 11.6 Å². The number of nitro groups is 1. The number of nitrogens with zero attached hydrogens (tertiary/aromatic N) is 5. The van der Waals surface area contributed by atoms with Crippen molar-refractivity contribution in [1.29, 1.82) is 0 Å². The van der Waals surface area contributed by atoms with Crippen LogP contribution in [0.1, 0.15) is 5.56 Å². The molecule has 3 aromatic carbocycles. The summed E-state index contributed by atoms with van der Waals surface area (Å²) in [6.07, 6.45) is 1.21. The van der Waals surface area contributed by atoms with E-state index in [1.807, 2.05) is 49.4 Å². The normalized spacial score (nSPS) is 10.8. The van der Waals surface area contributed by atoms with Gasteiger partial charge in [-0.3, -0.25) is 10.1 Å². The van der Waals surface area contributed by atoms with Crippen molar-refractivity contribution in [2.75, 3.05) is 5.32 Å². The van der Waals surface area contributed by atoms with Gasteiger partial charge in [0.2, 0.25) is 5.82 Å². The molecule has 0 saturated heterocycles. The van der Waals surface area contributed by atoms with E-state index >= 15 is 0 Å². The predicted octanol–water partition coefficient (Wildman–Crippen LogP) is 6.64. The standard InChI is InChI=1S/C23H18N6O3/c1-16-7-13-20(14-8-16)32-23-21(29(30)31)22(24-15-25-23)26-17-9-11-19(12-10-17)28-27-18-5-3-2-4-6-18/h2-15H,1H3,(H,24,25,26). The van der Waals surface area contributed by atoms with Gasteiger partial charge < -0.3 is 10.1 Å². The number of ether oxygens (including phenoxy) is 1.